The number of nitrogens with zero attached hydrogens (tertiary/aromatic N) is 3. The minimum absolute atomic E-state index is 0.0421. The molecule has 1 aliphatic rings. The molecular formula is C17H22N4O2. The van der Waals surface area contributed by atoms with Crippen LogP contribution in [0, 0.1) is 5.92 Å². The number of rotatable bonds is 4. The molecule has 1 unspecified atom stereocenters. The first kappa shape index (κ1) is 15.5. The van der Waals surface area contributed by atoms with Crippen LogP contribution in [-0.4, -0.2) is 38.7 Å². The standard InChI is InChI=1S/C17H22N4O2/c1-3-15-7-14(8-16(22)19-15)17(23)21-5-4-12(11-21)6-13-9-18-20(2)10-13/h7-10,12H,3-6,11H2,1-2H3,(H,19,22). The number of likely N-dealkylation sites (tertiary alicyclic amines) is 1. The van der Waals surface area contributed by atoms with E-state index in [1.165, 1.54) is 11.6 Å². The predicted octanol–water partition coefficient (Wildman–Crippen LogP) is 1.38. The summed E-state index contributed by atoms with van der Waals surface area (Å²) < 4.78 is 1.80. The van der Waals surface area contributed by atoms with E-state index in [2.05, 4.69) is 10.1 Å². The topological polar surface area (TPSA) is 71.0 Å². The zero-order valence-corrected chi connectivity index (χ0v) is 13.6. The van der Waals surface area contributed by atoms with Crippen molar-refractivity contribution in [2.45, 2.75) is 26.2 Å². The number of hydrogen-bond donors (Lipinski definition) is 1. The second-order valence-electron chi connectivity index (χ2n) is 6.24. The molecule has 0 spiro atoms. The molecular weight excluding hydrogens is 292 g/mol. The third kappa shape index (κ3) is 3.52. The van der Waals surface area contributed by atoms with E-state index in [-0.39, 0.29) is 11.5 Å². The summed E-state index contributed by atoms with van der Waals surface area (Å²) in [4.78, 5) is 28.9. The molecule has 6 heteroatoms. The third-order valence-corrected chi connectivity index (χ3v) is 4.38. The molecule has 2 aromatic rings. The number of H-pyrrole nitrogens is 1. The summed E-state index contributed by atoms with van der Waals surface area (Å²) in [5.74, 6) is 0.412. The van der Waals surface area contributed by atoms with E-state index in [0.717, 1.165) is 31.6 Å². The van der Waals surface area contributed by atoms with Crippen molar-refractivity contribution in [1.29, 1.82) is 0 Å². The number of aromatic amines is 1. The fraction of sp³-hybridized carbons (Fsp3) is 0.471. The van der Waals surface area contributed by atoms with Gasteiger partial charge in [0.2, 0.25) is 5.56 Å². The summed E-state index contributed by atoms with van der Waals surface area (Å²) in [6, 6.07) is 3.19. The molecule has 0 aromatic carbocycles. The molecule has 122 valence electrons. The smallest absolute Gasteiger partial charge is 0.254 e. The van der Waals surface area contributed by atoms with Gasteiger partial charge in [-0.15, -0.1) is 0 Å². The van der Waals surface area contributed by atoms with Crippen molar-refractivity contribution in [2.75, 3.05) is 13.1 Å². The Balaban J connectivity index is 1.67. The number of aryl methyl sites for hydroxylation is 2. The maximum absolute atomic E-state index is 12.6. The Kier molecular flexibility index (Phi) is 4.32. The molecule has 0 bridgehead atoms. The Hall–Kier alpha value is -2.37. The summed E-state index contributed by atoms with van der Waals surface area (Å²) in [6.07, 6.45) is 6.54. The van der Waals surface area contributed by atoms with Gasteiger partial charge in [0, 0.05) is 43.7 Å². The van der Waals surface area contributed by atoms with Crippen LogP contribution in [0.25, 0.3) is 0 Å². The lowest BCUT2D eigenvalue weighted by molar-refractivity contribution is 0.0786. The average Bonchev–Trinajstić information content (AvgIpc) is 3.15. The first-order chi connectivity index (χ1) is 11.0. The van der Waals surface area contributed by atoms with Gasteiger partial charge >= 0.3 is 0 Å². The van der Waals surface area contributed by atoms with Crippen LogP contribution in [0.1, 0.15) is 35.0 Å². The molecule has 1 aliphatic heterocycles. The summed E-state index contributed by atoms with van der Waals surface area (Å²) in [7, 11) is 1.91. The van der Waals surface area contributed by atoms with Crippen molar-refractivity contribution in [2.24, 2.45) is 13.0 Å². The van der Waals surface area contributed by atoms with Gasteiger partial charge in [0.05, 0.1) is 6.20 Å². The maximum atomic E-state index is 12.6. The summed E-state index contributed by atoms with van der Waals surface area (Å²) in [5, 5.41) is 4.19. The van der Waals surface area contributed by atoms with Crippen LogP contribution in [0.5, 0.6) is 0 Å². The van der Waals surface area contributed by atoms with Crippen LogP contribution < -0.4 is 5.56 Å². The molecule has 2 aromatic heterocycles. The van der Waals surface area contributed by atoms with E-state index < -0.39 is 0 Å². The number of hydrogen-bond acceptors (Lipinski definition) is 3. The molecule has 0 aliphatic carbocycles. The number of carbonyl (C=O) groups is 1. The molecule has 6 nitrogen and oxygen atoms in total. The lowest BCUT2D eigenvalue weighted by atomic mass is 10.0. The Labute approximate surface area is 135 Å². The normalized spacial score (nSPS) is 17.7. The highest BCUT2D eigenvalue weighted by Crippen LogP contribution is 2.22. The third-order valence-electron chi connectivity index (χ3n) is 4.38. The number of aromatic nitrogens is 3. The quantitative estimate of drug-likeness (QED) is 0.926. The summed E-state index contributed by atoms with van der Waals surface area (Å²) in [5.41, 5.74) is 2.29. The largest absolute Gasteiger partial charge is 0.338 e. The van der Waals surface area contributed by atoms with Crippen LogP contribution in [0.3, 0.4) is 0 Å². The number of carbonyl (C=O) groups excluding carboxylic acids is 1. The predicted molar refractivity (Wildman–Crippen MR) is 87.4 cm³/mol. The van der Waals surface area contributed by atoms with Gasteiger partial charge in [-0.1, -0.05) is 6.92 Å². The van der Waals surface area contributed by atoms with Crippen LogP contribution in [-0.2, 0) is 19.9 Å². The second-order valence-corrected chi connectivity index (χ2v) is 6.24. The lowest BCUT2D eigenvalue weighted by Crippen LogP contribution is -2.30. The van der Waals surface area contributed by atoms with Crippen molar-refractivity contribution < 1.29 is 4.79 Å². The summed E-state index contributed by atoms with van der Waals surface area (Å²) in [6.45, 7) is 3.44. The van der Waals surface area contributed by atoms with Crippen molar-refractivity contribution in [3.8, 4) is 0 Å². The molecule has 1 saturated heterocycles. The van der Waals surface area contributed by atoms with Gasteiger partial charge in [0.1, 0.15) is 0 Å². The zero-order chi connectivity index (χ0) is 16.4. The van der Waals surface area contributed by atoms with Gasteiger partial charge < -0.3 is 9.88 Å². The van der Waals surface area contributed by atoms with Gasteiger partial charge in [-0.3, -0.25) is 14.3 Å². The molecule has 1 N–H and O–H groups in total. The molecule has 1 amide bonds. The summed E-state index contributed by atoms with van der Waals surface area (Å²) >= 11 is 0. The van der Waals surface area contributed by atoms with E-state index >= 15 is 0 Å². The first-order valence-corrected chi connectivity index (χ1v) is 8.05. The van der Waals surface area contributed by atoms with Gasteiger partial charge in [-0.2, -0.15) is 5.10 Å². The number of nitrogens with one attached hydrogen (secondary N) is 1. The van der Waals surface area contributed by atoms with Crippen LogP contribution in [0.15, 0.2) is 29.3 Å². The fourth-order valence-corrected chi connectivity index (χ4v) is 3.19. The van der Waals surface area contributed by atoms with Crippen molar-refractivity contribution in [3.63, 3.8) is 0 Å². The van der Waals surface area contributed by atoms with E-state index in [4.69, 9.17) is 0 Å². The monoisotopic (exact) mass is 314 g/mol. The van der Waals surface area contributed by atoms with Crippen LogP contribution in [0.4, 0.5) is 0 Å². The highest BCUT2D eigenvalue weighted by molar-refractivity contribution is 5.94. The van der Waals surface area contributed by atoms with Gasteiger partial charge in [-0.25, -0.2) is 0 Å². The van der Waals surface area contributed by atoms with E-state index in [9.17, 15) is 9.59 Å². The van der Waals surface area contributed by atoms with Crippen molar-refractivity contribution in [3.05, 3.63) is 51.7 Å². The molecule has 23 heavy (non-hydrogen) atoms. The minimum Gasteiger partial charge on any atom is -0.338 e. The Morgan fingerprint density at radius 1 is 1.43 bits per heavy atom. The van der Waals surface area contributed by atoms with Gasteiger partial charge in [-0.05, 0) is 36.8 Å². The van der Waals surface area contributed by atoms with E-state index in [0.29, 0.717) is 17.9 Å². The molecule has 3 rings (SSSR count). The second kappa shape index (κ2) is 6.40. The lowest BCUT2D eigenvalue weighted by Gasteiger charge is -2.16. The number of pyridine rings is 1. The van der Waals surface area contributed by atoms with Crippen molar-refractivity contribution in [1.82, 2.24) is 19.7 Å². The Morgan fingerprint density at radius 3 is 2.96 bits per heavy atom. The van der Waals surface area contributed by atoms with E-state index in [1.807, 2.05) is 31.3 Å². The zero-order valence-electron chi connectivity index (χ0n) is 13.6. The average molecular weight is 314 g/mol. The maximum Gasteiger partial charge on any atom is 0.254 e. The highest BCUT2D eigenvalue weighted by atomic mass is 16.2. The molecule has 0 radical (unpaired) electrons. The molecule has 0 saturated carbocycles. The molecule has 1 atom stereocenters. The van der Waals surface area contributed by atoms with Crippen LogP contribution in [0.2, 0.25) is 0 Å². The first-order valence-electron chi connectivity index (χ1n) is 8.05. The Morgan fingerprint density at radius 2 is 2.26 bits per heavy atom. The van der Waals surface area contributed by atoms with Gasteiger partial charge in [0.25, 0.3) is 5.91 Å². The van der Waals surface area contributed by atoms with Crippen LogP contribution >= 0.6 is 0 Å². The van der Waals surface area contributed by atoms with E-state index in [1.54, 1.807) is 10.7 Å². The SMILES string of the molecule is CCc1cc(C(=O)N2CCC(Cc3cnn(C)c3)C2)cc(=O)[nH]1. The van der Waals surface area contributed by atoms with Gasteiger partial charge in [0.15, 0.2) is 0 Å². The molecule has 1 fully saturated rings. The fourth-order valence-electron chi connectivity index (χ4n) is 3.19. The molecule has 3 heterocycles. The minimum atomic E-state index is -0.209. The number of amides is 1. The highest BCUT2D eigenvalue weighted by Gasteiger charge is 2.27. The van der Waals surface area contributed by atoms with Crippen molar-refractivity contribution >= 4 is 5.91 Å². The Bertz CT molecular complexity index is 762.